The molecule has 112 valence electrons. The standard InChI is InChI=1S/C16H20N2O3/c1-10-11(2)17-15-12(10)6-4-7-13(15)16(21)18(3)9-5-8-14(19)20/h4,6-7,17H,5,8-9H2,1-3H3,(H,19,20). The molecule has 0 saturated carbocycles. The van der Waals surface area contributed by atoms with E-state index in [9.17, 15) is 9.59 Å². The molecule has 5 nitrogen and oxygen atoms in total. The van der Waals surface area contributed by atoms with E-state index in [0.717, 1.165) is 22.2 Å². The number of amides is 1. The van der Waals surface area contributed by atoms with Crippen LogP contribution < -0.4 is 0 Å². The van der Waals surface area contributed by atoms with Crippen molar-refractivity contribution in [1.29, 1.82) is 0 Å². The van der Waals surface area contributed by atoms with Crippen LogP contribution in [-0.4, -0.2) is 40.5 Å². The maximum Gasteiger partial charge on any atom is 0.303 e. The molecular weight excluding hydrogens is 268 g/mol. The SMILES string of the molecule is Cc1[nH]c2c(C(=O)N(C)CCCC(=O)O)cccc2c1C. The molecule has 1 aromatic heterocycles. The number of carbonyl (C=O) groups excluding carboxylic acids is 1. The normalized spacial score (nSPS) is 10.8. The fourth-order valence-corrected chi connectivity index (χ4v) is 2.44. The second kappa shape index (κ2) is 5.99. The number of nitrogens with one attached hydrogen (secondary N) is 1. The predicted octanol–water partition coefficient (Wildman–Crippen LogP) is 2.72. The molecule has 0 bridgehead atoms. The fourth-order valence-electron chi connectivity index (χ4n) is 2.44. The van der Waals surface area contributed by atoms with Gasteiger partial charge in [-0.15, -0.1) is 0 Å². The molecule has 5 heteroatoms. The molecular formula is C16H20N2O3. The first-order valence-corrected chi connectivity index (χ1v) is 6.97. The van der Waals surface area contributed by atoms with E-state index in [1.54, 1.807) is 18.0 Å². The highest BCUT2D eigenvalue weighted by atomic mass is 16.4. The molecule has 0 aliphatic rings. The van der Waals surface area contributed by atoms with Gasteiger partial charge in [0.1, 0.15) is 0 Å². The van der Waals surface area contributed by atoms with Gasteiger partial charge in [0.2, 0.25) is 0 Å². The zero-order valence-electron chi connectivity index (χ0n) is 12.6. The average molecular weight is 288 g/mol. The number of aromatic nitrogens is 1. The number of H-pyrrole nitrogens is 1. The number of benzene rings is 1. The molecule has 0 unspecified atom stereocenters. The second-order valence-corrected chi connectivity index (χ2v) is 5.33. The van der Waals surface area contributed by atoms with Crippen LogP contribution in [0.1, 0.15) is 34.5 Å². The smallest absolute Gasteiger partial charge is 0.303 e. The van der Waals surface area contributed by atoms with E-state index in [0.29, 0.717) is 18.5 Å². The molecule has 0 spiro atoms. The number of carboxylic acid groups (broad SMARTS) is 1. The number of fused-ring (bicyclic) bond motifs is 1. The number of aromatic amines is 1. The predicted molar refractivity (Wildman–Crippen MR) is 81.6 cm³/mol. The van der Waals surface area contributed by atoms with Crippen molar-refractivity contribution in [3.8, 4) is 0 Å². The minimum Gasteiger partial charge on any atom is -0.481 e. The summed E-state index contributed by atoms with van der Waals surface area (Å²) >= 11 is 0. The van der Waals surface area contributed by atoms with Crippen LogP contribution in [0.4, 0.5) is 0 Å². The first kappa shape index (κ1) is 15.1. The number of rotatable bonds is 5. The Morgan fingerprint density at radius 2 is 2.00 bits per heavy atom. The molecule has 2 aromatic rings. The lowest BCUT2D eigenvalue weighted by Crippen LogP contribution is -2.28. The summed E-state index contributed by atoms with van der Waals surface area (Å²) < 4.78 is 0. The topological polar surface area (TPSA) is 73.4 Å². The van der Waals surface area contributed by atoms with Crippen molar-refractivity contribution in [2.75, 3.05) is 13.6 Å². The Bertz CT molecular complexity index is 688. The summed E-state index contributed by atoms with van der Waals surface area (Å²) in [7, 11) is 1.70. The maximum absolute atomic E-state index is 12.5. The third kappa shape index (κ3) is 3.07. The number of carbonyl (C=O) groups is 2. The third-order valence-electron chi connectivity index (χ3n) is 3.80. The molecule has 0 aliphatic carbocycles. The van der Waals surface area contributed by atoms with Gasteiger partial charge in [0, 0.05) is 31.1 Å². The summed E-state index contributed by atoms with van der Waals surface area (Å²) in [5.74, 6) is -0.930. The second-order valence-electron chi connectivity index (χ2n) is 5.33. The van der Waals surface area contributed by atoms with Crippen LogP contribution in [0, 0.1) is 13.8 Å². The van der Waals surface area contributed by atoms with Crippen LogP contribution >= 0.6 is 0 Å². The lowest BCUT2D eigenvalue weighted by atomic mass is 10.1. The Kier molecular flexibility index (Phi) is 4.31. The largest absolute Gasteiger partial charge is 0.481 e. The molecule has 0 fully saturated rings. The molecule has 1 amide bonds. The summed E-state index contributed by atoms with van der Waals surface area (Å²) in [6, 6.07) is 5.67. The van der Waals surface area contributed by atoms with Gasteiger partial charge in [-0.05, 0) is 31.9 Å². The van der Waals surface area contributed by atoms with Crippen molar-refractivity contribution >= 4 is 22.8 Å². The van der Waals surface area contributed by atoms with Crippen LogP contribution in [-0.2, 0) is 4.79 Å². The minimum atomic E-state index is -0.839. The highest BCUT2D eigenvalue weighted by Gasteiger charge is 2.17. The van der Waals surface area contributed by atoms with Crippen molar-refractivity contribution in [1.82, 2.24) is 9.88 Å². The highest BCUT2D eigenvalue weighted by molar-refractivity contribution is 6.06. The van der Waals surface area contributed by atoms with E-state index >= 15 is 0 Å². The third-order valence-corrected chi connectivity index (χ3v) is 3.80. The lowest BCUT2D eigenvalue weighted by Gasteiger charge is -2.17. The Balaban J connectivity index is 2.23. The summed E-state index contributed by atoms with van der Waals surface area (Å²) in [4.78, 5) is 27.9. The molecule has 2 N–H and O–H groups in total. The molecule has 0 saturated heterocycles. The molecule has 1 heterocycles. The van der Waals surface area contributed by atoms with Crippen LogP contribution in [0.2, 0.25) is 0 Å². The van der Waals surface area contributed by atoms with Crippen LogP contribution in [0.25, 0.3) is 10.9 Å². The van der Waals surface area contributed by atoms with Gasteiger partial charge in [-0.25, -0.2) is 0 Å². The Labute approximate surface area is 123 Å². The number of nitrogens with zero attached hydrogens (tertiary/aromatic N) is 1. The molecule has 21 heavy (non-hydrogen) atoms. The van der Waals surface area contributed by atoms with Crippen LogP contribution in [0.15, 0.2) is 18.2 Å². The van der Waals surface area contributed by atoms with E-state index in [-0.39, 0.29) is 12.3 Å². The van der Waals surface area contributed by atoms with Gasteiger partial charge in [0.05, 0.1) is 11.1 Å². The van der Waals surface area contributed by atoms with Crippen molar-refractivity contribution in [3.05, 3.63) is 35.0 Å². The number of carboxylic acids is 1. The summed E-state index contributed by atoms with van der Waals surface area (Å²) in [6.07, 6.45) is 0.527. The first-order chi connectivity index (χ1) is 9.91. The highest BCUT2D eigenvalue weighted by Crippen LogP contribution is 2.24. The van der Waals surface area contributed by atoms with Crippen molar-refractivity contribution < 1.29 is 14.7 Å². The zero-order valence-corrected chi connectivity index (χ0v) is 12.6. The Morgan fingerprint density at radius 1 is 1.29 bits per heavy atom. The van der Waals surface area contributed by atoms with Gasteiger partial charge in [-0.3, -0.25) is 9.59 Å². The summed E-state index contributed by atoms with van der Waals surface area (Å²) in [6.45, 7) is 4.44. The van der Waals surface area contributed by atoms with E-state index < -0.39 is 5.97 Å². The number of para-hydroxylation sites is 1. The maximum atomic E-state index is 12.5. The monoisotopic (exact) mass is 288 g/mol. The van der Waals surface area contributed by atoms with E-state index in [1.165, 1.54) is 0 Å². The van der Waals surface area contributed by atoms with E-state index in [1.807, 2.05) is 26.0 Å². The Hall–Kier alpha value is -2.30. The quantitative estimate of drug-likeness (QED) is 0.888. The van der Waals surface area contributed by atoms with Crippen LogP contribution in [0.3, 0.4) is 0 Å². The number of aliphatic carboxylic acids is 1. The van der Waals surface area contributed by atoms with Gasteiger partial charge in [-0.2, -0.15) is 0 Å². The van der Waals surface area contributed by atoms with Gasteiger partial charge in [-0.1, -0.05) is 12.1 Å². The van der Waals surface area contributed by atoms with E-state index in [4.69, 9.17) is 5.11 Å². The van der Waals surface area contributed by atoms with E-state index in [2.05, 4.69) is 4.98 Å². The first-order valence-electron chi connectivity index (χ1n) is 6.97. The number of aryl methyl sites for hydroxylation is 2. The molecule has 2 rings (SSSR count). The number of hydrogen-bond acceptors (Lipinski definition) is 2. The lowest BCUT2D eigenvalue weighted by molar-refractivity contribution is -0.137. The van der Waals surface area contributed by atoms with Crippen molar-refractivity contribution in [2.45, 2.75) is 26.7 Å². The minimum absolute atomic E-state index is 0.0720. The van der Waals surface area contributed by atoms with Crippen LogP contribution in [0.5, 0.6) is 0 Å². The number of hydrogen-bond donors (Lipinski definition) is 2. The molecule has 0 aliphatic heterocycles. The average Bonchev–Trinajstić information content (AvgIpc) is 2.73. The zero-order chi connectivity index (χ0) is 15.6. The summed E-state index contributed by atoms with van der Waals surface area (Å²) in [5, 5.41) is 9.70. The molecule has 0 radical (unpaired) electrons. The van der Waals surface area contributed by atoms with Gasteiger partial charge in [0.15, 0.2) is 0 Å². The van der Waals surface area contributed by atoms with Gasteiger partial charge >= 0.3 is 5.97 Å². The van der Waals surface area contributed by atoms with Crippen molar-refractivity contribution in [3.63, 3.8) is 0 Å². The fraction of sp³-hybridized carbons (Fsp3) is 0.375. The molecule has 1 aromatic carbocycles. The van der Waals surface area contributed by atoms with Crippen molar-refractivity contribution in [2.24, 2.45) is 0 Å². The summed E-state index contributed by atoms with van der Waals surface area (Å²) in [5.41, 5.74) is 3.68. The van der Waals surface area contributed by atoms with Gasteiger partial charge < -0.3 is 15.0 Å². The van der Waals surface area contributed by atoms with Gasteiger partial charge in [0.25, 0.3) is 5.91 Å². The Morgan fingerprint density at radius 3 is 2.67 bits per heavy atom. The molecule has 0 atom stereocenters.